The number of hydrogen-bond acceptors (Lipinski definition) is 3. The predicted molar refractivity (Wildman–Crippen MR) is 76.2 cm³/mol. The fraction of sp³-hybridized carbons (Fsp3) is 0.562. The molecule has 1 N–H and O–H groups in total. The average Bonchev–Trinajstić information content (AvgIpc) is 3.02. The maximum Gasteiger partial charge on any atom is 0.220 e. The second-order valence-electron chi connectivity index (χ2n) is 5.11. The zero-order chi connectivity index (χ0) is 19.2. The Morgan fingerprint density at radius 2 is 2.25 bits per heavy atom. The Hall–Kier alpha value is -1.71. The van der Waals surface area contributed by atoms with Crippen molar-refractivity contribution >= 4 is 5.91 Å². The molecule has 2 fully saturated rings. The first kappa shape index (κ1) is 7.91. The van der Waals surface area contributed by atoms with Crippen LogP contribution in [0.5, 0.6) is 11.5 Å². The Balaban J connectivity index is 1.95. The Morgan fingerprint density at radius 1 is 1.40 bits per heavy atom. The van der Waals surface area contributed by atoms with Crippen LogP contribution in [0.3, 0.4) is 0 Å². The van der Waals surface area contributed by atoms with Crippen molar-refractivity contribution in [3.8, 4) is 11.5 Å². The molecule has 1 saturated carbocycles. The highest BCUT2D eigenvalue weighted by Crippen LogP contribution is 2.35. The topological polar surface area (TPSA) is 47.6 Å². The van der Waals surface area contributed by atoms with Gasteiger partial charge < -0.3 is 14.8 Å². The van der Waals surface area contributed by atoms with Crippen molar-refractivity contribution in [2.45, 2.75) is 44.1 Å². The van der Waals surface area contributed by atoms with Crippen molar-refractivity contribution in [2.75, 3.05) is 13.5 Å². The molecule has 0 spiro atoms. The zero-order valence-electron chi connectivity index (χ0n) is 17.1. The number of amides is 1. The van der Waals surface area contributed by atoms with E-state index in [1.54, 1.807) is 0 Å². The van der Waals surface area contributed by atoms with E-state index in [0.29, 0.717) is 18.4 Å². The lowest BCUT2D eigenvalue weighted by molar-refractivity contribution is -0.119. The average molecular weight is 281 g/mol. The normalized spacial score (nSPS) is 32.0. The van der Waals surface area contributed by atoms with Crippen molar-refractivity contribution in [2.24, 2.45) is 0 Å². The minimum Gasteiger partial charge on any atom is -0.493 e. The van der Waals surface area contributed by atoms with Crippen molar-refractivity contribution < 1.29 is 22.5 Å². The second kappa shape index (κ2) is 5.73. The minimum atomic E-state index is -2.68. The molecule has 1 unspecified atom stereocenters. The maximum absolute atomic E-state index is 11.6. The molecular formula is C16H21NO3. The van der Waals surface area contributed by atoms with Gasteiger partial charge in [-0.05, 0) is 43.4 Å². The van der Waals surface area contributed by atoms with Gasteiger partial charge in [-0.3, -0.25) is 4.79 Å². The molecular weight excluding hydrogens is 254 g/mol. The molecule has 108 valence electrons. The number of carbonyl (C=O) groups is 1. The van der Waals surface area contributed by atoms with E-state index in [0.717, 1.165) is 12.8 Å². The highest BCUT2D eigenvalue weighted by atomic mass is 16.5. The molecule has 0 radical (unpaired) electrons. The van der Waals surface area contributed by atoms with Gasteiger partial charge in [-0.1, -0.05) is 6.07 Å². The summed E-state index contributed by atoms with van der Waals surface area (Å²) >= 11 is 0. The van der Waals surface area contributed by atoms with Gasteiger partial charge in [0, 0.05) is 21.6 Å². The van der Waals surface area contributed by atoms with E-state index >= 15 is 0 Å². The summed E-state index contributed by atoms with van der Waals surface area (Å²) in [6.07, 6.45) is 1.57. The predicted octanol–water partition coefficient (Wildman–Crippen LogP) is 2.62. The Morgan fingerprint density at radius 3 is 2.95 bits per heavy atom. The summed E-state index contributed by atoms with van der Waals surface area (Å²) in [6, 6.07) is 4.41. The summed E-state index contributed by atoms with van der Waals surface area (Å²) < 4.78 is 57.0. The lowest BCUT2D eigenvalue weighted by Crippen LogP contribution is -2.14. The third kappa shape index (κ3) is 2.74. The van der Waals surface area contributed by atoms with Gasteiger partial charge in [-0.15, -0.1) is 0 Å². The maximum atomic E-state index is 11.6. The third-order valence-electron chi connectivity index (χ3n) is 3.67. The lowest BCUT2D eigenvalue weighted by atomic mass is 9.98. The molecule has 20 heavy (non-hydrogen) atoms. The molecule has 2 aliphatic rings. The largest absolute Gasteiger partial charge is 0.493 e. The van der Waals surface area contributed by atoms with Crippen LogP contribution in [-0.2, 0) is 4.79 Å². The van der Waals surface area contributed by atoms with Crippen molar-refractivity contribution in [1.82, 2.24) is 5.32 Å². The number of ether oxygens (including phenoxy) is 2. The first-order valence-corrected chi connectivity index (χ1v) is 6.80. The van der Waals surface area contributed by atoms with E-state index in [-0.39, 0.29) is 17.9 Å². The summed E-state index contributed by atoms with van der Waals surface area (Å²) in [5.41, 5.74) is 0.489. The third-order valence-corrected chi connectivity index (χ3v) is 3.67. The van der Waals surface area contributed by atoms with E-state index in [1.807, 2.05) is 0 Å². The molecule has 4 nitrogen and oxygen atoms in total. The number of carbonyl (C=O) groups excluding carboxylic acids is 1. The van der Waals surface area contributed by atoms with Gasteiger partial charge in [0.25, 0.3) is 0 Å². The molecule has 4 heteroatoms. The number of hydrogen-bond donors (Lipinski definition) is 1. The van der Waals surface area contributed by atoms with Gasteiger partial charge in [0.05, 0.1) is 18.6 Å². The Kier molecular flexibility index (Phi) is 2.27. The molecule has 0 aromatic heterocycles. The molecule has 3 rings (SSSR count). The van der Waals surface area contributed by atoms with Crippen LogP contribution in [0, 0.1) is 0 Å². The first-order chi connectivity index (χ1) is 12.0. The molecule has 1 atom stereocenters. The SMILES string of the molecule is [2H]C([2H])([2H])Oc1ccc(C2CC(=O)NC2([2H])[2H])cc1OC1([2H])CCCC1. The van der Waals surface area contributed by atoms with Gasteiger partial charge in [0.15, 0.2) is 11.5 Å². The molecule has 1 aromatic rings. The van der Waals surface area contributed by atoms with Gasteiger partial charge >= 0.3 is 0 Å². The van der Waals surface area contributed by atoms with E-state index in [4.69, 9.17) is 17.7 Å². The summed E-state index contributed by atoms with van der Waals surface area (Å²) in [4.78, 5) is 11.6. The fourth-order valence-corrected chi connectivity index (χ4v) is 2.59. The van der Waals surface area contributed by atoms with E-state index < -0.39 is 31.4 Å². The molecule has 0 bridgehead atoms. The van der Waals surface area contributed by atoms with Gasteiger partial charge in [0.2, 0.25) is 5.91 Å². The molecule has 1 saturated heterocycles. The smallest absolute Gasteiger partial charge is 0.220 e. The highest BCUT2D eigenvalue weighted by molar-refractivity contribution is 5.79. The minimum absolute atomic E-state index is 0.0159. The Bertz CT molecular complexity index is 700. The van der Waals surface area contributed by atoms with Crippen LogP contribution < -0.4 is 14.8 Å². The fourth-order valence-electron chi connectivity index (χ4n) is 2.59. The van der Waals surface area contributed by atoms with Crippen molar-refractivity contribution in [1.29, 1.82) is 0 Å². The van der Waals surface area contributed by atoms with Crippen molar-refractivity contribution in [3.63, 3.8) is 0 Å². The molecule has 1 heterocycles. The van der Waals surface area contributed by atoms with Gasteiger partial charge in [-0.25, -0.2) is 0 Å². The number of benzene rings is 1. The highest BCUT2D eigenvalue weighted by Gasteiger charge is 2.25. The number of nitrogens with one attached hydrogen (secondary N) is 1. The van der Waals surface area contributed by atoms with Crippen LogP contribution in [-0.4, -0.2) is 25.5 Å². The standard InChI is InChI=1S/C16H21NO3/c1-19-14-7-6-11(12-9-16(18)17-10-12)8-15(14)20-13-4-2-3-5-13/h6-8,12-13H,2-5,9-10H2,1H3,(H,17,18)/i1D3,10D2,13D. The lowest BCUT2D eigenvalue weighted by Gasteiger charge is -2.18. The van der Waals surface area contributed by atoms with Crippen molar-refractivity contribution in [3.05, 3.63) is 23.8 Å². The molecule has 1 aliphatic heterocycles. The number of rotatable bonds is 4. The van der Waals surface area contributed by atoms with E-state index in [9.17, 15) is 4.79 Å². The first-order valence-electron chi connectivity index (χ1n) is 9.80. The van der Waals surface area contributed by atoms with Crippen LogP contribution >= 0.6 is 0 Å². The van der Waals surface area contributed by atoms with Crippen LogP contribution in [0.1, 0.15) is 51.8 Å². The quantitative estimate of drug-likeness (QED) is 0.923. The van der Waals surface area contributed by atoms with Gasteiger partial charge in [-0.2, -0.15) is 0 Å². The van der Waals surface area contributed by atoms with Crippen LogP contribution in [0.25, 0.3) is 0 Å². The van der Waals surface area contributed by atoms with E-state index in [2.05, 4.69) is 5.32 Å². The summed E-state index contributed by atoms with van der Waals surface area (Å²) in [6.45, 7) is -1.91. The zero-order valence-corrected chi connectivity index (χ0v) is 11.1. The van der Waals surface area contributed by atoms with Crippen LogP contribution in [0.4, 0.5) is 0 Å². The Labute approximate surface area is 127 Å². The summed E-state index contributed by atoms with van der Waals surface area (Å²) in [5, 5.41) is 2.29. The number of methoxy groups -OCH3 is 1. The van der Waals surface area contributed by atoms with Crippen LogP contribution in [0.2, 0.25) is 0 Å². The molecule has 1 aliphatic carbocycles. The monoisotopic (exact) mass is 281 g/mol. The molecule has 1 aromatic carbocycles. The van der Waals surface area contributed by atoms with Crippen LogP contribution in [0.15, 0.2) is 18.2 Å². The summed E-state index contributed by atoms with van der Waals surface area (Å²) in [7, 11) is -2.68. The van der Waals surface area contributed by atoms with Gasteiger partial charge in [0.1, 0.15) is 0 Å². The second-order valence-corrected chi connectivity index (χ2v) is 5.11. The molecule has 1 amide bonds. The van der Waals surface area contributed by atoms with E-state index in [1.165, 1.54) is 18.2 Å². The summed E-state index contributed by atoms with van der Waals surface area (Å²) in [5.74, 6) is -1.06.